The molecule has 0 amide bonds. The van der Waals surface area contributed by atoms with E-state index in [0.717, 1.165) is 68.5 Å². The van der Waals surface area contributed by atoms with Crippen molar-refractivity contribution in [2.75, 3.05) is 36.4 Å². The van der Waals surface area contributed by atoms with Crippen molar-refractivity contribution in [2.45, 2.75) is 51.7 Å². The molecule has 1 aliphatic carbocycles. The van der Waals surface area contributed by atoms with Gasteiger partial charge in [0.25, 0.3) is 5.56 Å². The maximum absolute atomic E-state index is 13.5. The Morgan fingerprint density at radius 2 is 1.94 bits per heavy atom. The molecular weight excluding hydrogens is 442 g/mol. The summed E-state index contributed by atoms with van der Waals surface area (Å²) in [5, 5.41) is 17.0. The third-order valence-corrected chi connectivity index (χ3v) is 6.77. The van der Waals surface area contributed by atoms with Gasteiger partial charge < -0.3 is 20.6 Å². The Labute approximate surface area is 204 Å². The summed E-state index contributed by atoms with van der Waals surface area (Å²) in [4.78, 5) is 29.7. The Morgan fingerprint density at radius 1 is 1.17 bits per heavy atom. The lowest BCUT2D eigenvalue weighted by Gasteiger charge is -2.29. The van der Waals surface area contributed by atoms with Gasteiger partial charge in [-0.05, 0) is 44.4 Å². The Bertz CT molecular complexity index is 1330. The van der Waals surface area contributed by atoms with Crippen LogP contribution in [0.4, 0.5) is 17.5 Å². The van der Waals surface area contributed by atoms with Crippen LogP contribution in [0, 0.1) is 18.8 Å². The number of aromatic nitrogens is 4. The molecule has 3 aromatic rings. The molecule has 1 saturated heterocycles. The van der Waals surface area contributed by atoms with Crippen LogP contribution in [0.15, 0.2) is 29.3 Å². The van der Waals surface area contributed by atoms with Gasteiger partial charge in [-0.1, -0.05) is 24.7 Å². The largest absolute Gasteiger partial charge is 0.381 e. The highest BCUT2D eigenvalue weighted by atomic mass is 16.3. The smallest absolute Gasteiger partial charge is 0.268 e. The van der Waals surface area contributed by atoms with Gasteiger partial charge >= 0.3 is 0 Å². The van der Waals surface area contributed by atoms with Gasteiger partial charge in [-0.2, -0.15) is 4.98 Å². The van der Waals surface area contributed by atoms with Crippen LogP contribution in [-0.4, -0.2) is 56.9 Å². The summed E-state index contributed by atoms with van der Waals surface area (Å²) in [5.41, 5.74) is 2.68. The van der Waals surface area contributed by atoms with Gasteiger partial charge in [0.05, 0.1) is 17.4 Å². The van der Waals surface area contributed by atoms with E-state index in [2.05, 4.69) is 37.3 Å². The Hall–Kier alpha value is -3.48. The molecule has 2 aliphatic rings. The van der Waals surface area contributed by atoms with Crippen molar-refractivity contribution in [3.63, 3.8) is 0 Å². The fourth-order valence-corrected chi connectivity index (χ4v) is 4.90. The topological polar surface area (TPSA) is 108 Å². The zero-order chi connectivity index (χ0) is 24.4. The first-order chi connectivity index (χ1) is 17.0. The molecular formula is C26H31N7O2. The van der Waals surface area contributed by atoms with Gasteiger partial charge in [-0.3, -0.25) is 9.36 Å². The second-order valence-corrected chi connectivity index (χ2v) is 9.25. The van der Waals surface area contributed by atoms with Crippen LogP contribution in [0.1, 0.15) is 49.8 Å². The molecule has 4 heterocycles. The standard InChI is InChI=1S/C26H31N7O2/c1-17(34)7-9-21-18(2)22-16-29-26(31-24(22)33(25(21)35)19-5-3-4-6-19)30-23-10-8-20(15-28-23)32-13-11-27-12-14-32/h8,10,15-17,19,27,34H,3-6,11-14H2,1-2H3,(H,28,29,30,31). The number of aryl methyl sites for hydroxylation is 1. The quantitative estimate of drug-likeness (QED) is 0.496. The zero-order valence-electron chi connectivity index (χ0n) is 20.2. The summed E-state index contributed by atoms with van der Waals surface area (Å²) in [7, 11) is 0. The third kappa shape index (κ3) is 4.85. The van der Waals surface area contributed by atoms with Gasteiger partial charge in [0, 0.05) is 43.8 Å². The number of aliphatic hydroxyl groups excluding tert-OH is 1. The van der Waals surface area contributed by atoms with Crippen molar-refractivity contribution >= 4 is 28.5 Å². The van der Waals surface area contributed by atoms with Gasteiger partial charge in [0.15, 0.2) is 0 Å². The first-order valence-corrected chi connectivity index (χ1v) is 12.3. The van der Waals surface area contributed by atoms with Crippen LogP contribution in [0.5, 0.6) is 0 Å². The number of pyridine rings is 2. The number of hydrogen-bond donors (Lipinski definition) is 3. The molecule has 9 nitrogen and oxygen atoms in total. The fraction of sp³-hybridized carbons (Fsp3) is 0.462. The van der Waals surface area contributed by atoms with Crippen LogP contribution >= 0.6 is 0 Å². The second kappa shape index (κ2) is 10.0. The number of rotatable bonds is 4. The Morgan fingerprint density at radius 3 is 2.63 bits per heavy atom. The molecule has 5 rings (SSSR count). The van der Waals surface area contributed by atoms with Crippen molar-refractivity contribution in [1.29, 1.82) is 0 Å². The van der Waals surface area contributed by atoms with E-state index in [9.17, 15) is 9.90 Å². The molecule has 35 heavy (non-hydrogen) atoms. The van der Waals surface area contributed by atoms with Crippen molar-refractivity contribution in [1.82, 2.24) is 24.8 Å². The summed E-state index contributed by atoms with van der Waals surface area (Å²) in [6.07, 6.45) is 6.83. The normalized spacial score (nSPS) is 17.3. The van der Waals surface area contributed by atoms with E-state index in [1.165, 1.54) is 0 Å². The van der Waals surface area contributed by atoms with Crippen LogP contribution < -0.4 is 21.1 Å². The molecule has 3 aromatic heterocycles. The minimum atomic E-state index is -0.808. The maximum Gasteiger partial charge on any atom is 0.268 e. The van der Waals surface area contributed by atoms with E-state index in [4.69, 9.17) is 4.98 Å². The predicted molar refractivity (Wildman–Crippen MR) is 137 cm³/mol. The van der Waals surface area contributed by atoms with E-state index in [0.29, 0.717) is 23.0 Å². The number of fused-ring (bicyclic) bond motifs is 1. The Balaban J connectivity index is 1.51. The van der Waals surface area contributed by atoms with Crippen molar-refractivity contribution in [2.24, 2.45) is 0 Å². The SMILES string of the molecule is Cc1c(C#CC(C)O)c(=O)n(C2CCCC2)c2nc(Nc3ccc(N4CCNCC4)cn3)ncc12. The van der Waals surface area contributed by atoms with Crippen molar-refractivity contribution in [3.05, 3.63) is 46.0 Å². The molecule has 1 unspecified atom stereocenters. The number of nitrogens with one attached hydrogen (secondary N) is 2. The van der Waals surface area contributed by atoms with E-state index in [-0.39, 0.29) is 11.6 Å². The number of hydrogen-bond acceptors (Lipinski definition) is 8. The molecule has 0 bridgehead atoms. The molecule has 2 fully saturated rings. The molecule has 1 aliphatic heterocycles. The maximum atomic E-state index is 13.5. The predicted octanol–water partition coefficient (Wildman–Crippen LogP) is 2.50. The molecule has 182 valence electrons. The lowest BCUT2D eigenvalue weighted by Crippen LogP contribution is -2.43. The highest BCUT2D eigenvalue weighted by Crippen LogP contribution is 2.32. The van der Waals surface area contributed by atoms with Gasteiger partial charge in [-0.25, -0.2) is 9.97 Å². The lowest BCUT2D eigenvalue weighted by molar-refractivity contribution is 0.253. The lowest BCUT2D eigenvalue weighted by atomic mass is 10.1. The Kier molecular flexibility index (Phi) is 6.66. The van der Waals surface area contributed by atoms with Crippen LogP contribution in [0.25, 0.3) is 11.0 Å². The highest BCUT2D eigenvalue weighted by molar-refractivity contribution is 5.82. The fourth-order valence-electron chi connectivity index (χ4n) is 4.90. The van der Waals surface area contributed by atoms with E-state index in [1.54, 1.807) is 17.7 Å². The molecule has 1 saturated carbocycles. The number of aliphatic hydroxyl groups is 1. The van der Waals surface area contributed by atoms with Crippen molar-refractivity contribution < 1.29 is 5.11 Å². The molecule has 1 atom stereocenters. The average Bonchev–Trinajstić information content (AvgIpc) is 3.39. The number of nitrogens with zero attached hydrogens (tertiary/aromatic N) is 5. The van der Waals surface area contributed by atoms with E-state index < -0.39 is 6.10 Å². The number of anilines is 3. The molecule has 0 radical (unpaired) electrons. The molecule has 3 N–H and O–H groups in total. The number of piperazine rings is 1. The zero-order valence-corrected chi connectivity index (χ0v) is 20.2. The van der Waals surface area contributed by atoms with Gasteiger partial charge in [0.2, 0.25) is 5.95 Å². The van der Waals surface area contributed by atoms with Gasteiger partial charge in [-0.15, -0.1) is 0 Å². The monoisotopic (exact) mass is 473 g/mol. The van der Waals surface area contributed by atoms with Gasteiger partial charge in [0.1, 0.15) is 17.6 Å². The minimum Gasteiger partial charge on any atom is -0.381 e. The first kappa shape index (κ1) is 23.3. The highest BCUT2D eigenvalue weighted by Gasteiger charge is 2.24. The van der Waals surface area contributed by atoms with Crippen LogP contribution in [-0.2, 0) is 0 Å². The van der Waals surface area contributed by atoms with Crippen molar-refractivity contribution in [3.8, 4) is 11.8 Å². The molecule has 9 heteroatoms. The minimum absolute atomic E-state index is 0.0805. The summed E-state index contributed by atoms with van der Waals surface area (Å²) >= 11 is 0. The molecule has 0 aromatic carbocycles. The van der Waals surface area contributed by atoms with Crippen LogP contribution in [0.3, 0.4) is 0 Å². The average molecular weight is 474 g/mol. The second-order valence-electron chi connectivity index (χ2n) is 9.25. The van der Waals surface area contributed by atoms with E-state index >= 15 is 0 Å². The summed E-state index contributed by atoms with van der Waals surface area (Å²) < 4.78 is 1.79. The van der Waals surface area contributed by atoms with E-state index in [1.807, 2.05) is 25.3 Å². The summed E-state index contributed by atoms with van der Waals surface area (Å²) in [5.74, 6) is 6.67. The summed E-state index contributed by atoms with van der Waals surface area (Å²) in [6.45, 7) is 7.32. The molecule has 0 spiro atoms. The first-order valence-electron chi connectivity index (χ1n) is 12.3. The van der Waals surface area contributed by atoms with Crippen LogP contribution in [0.2, 0.25) is 0 Å². The summed E-state index contributed by atoms with van der Waals surface area (Å²) in [6, 6.07) is 4.06. The third-order valence-electron chi connectivity index (χ3n) is 6.77.